The van der Waals surface area contributed by atoms with E-state index in [9.17, 15) is 4.79 Å². The number of rotatable bonds is 4. The molecule has 0 bridgehead atoms. The molecule has 0 unspecified atom stereocenters. The zero-order valence-electron chi connectivity index (χ0n) is 14.7. The molecule has 3 heterocycles. The average molecular weight is 347 g/mol. The predicted octanol–water partition coefficient (Wildman–Crippen LogP) is 2.73. The molecule has 1 atom stereocenters. The van der Waals surface area contributed by atoms with Crippen molar-refractivity contribution in [2.45, 2.75) is 25.8 Å². The molecule has 26 heavy (non-hydrogen) atoms. The van der Waals surface area contributed by atoms with Gasteiger partial charge in [-0.15, -0.1) is 5.10 Å². The lowest BCUT2D eigenvalue weighted by Gasteiger charge is -2.25. The highest BCUT2D eigenvalue weighted by molar-refractivity contribution is 5.98. The van der Waals surface area contributed by atoms with E-state index < -0.39 is 0 Å². The van der Waals surface area contributed by atoms with E-state index in [1.54, 1.807) is 6.20 Å². The summed E-state index contributed by atoms with van der Waals surface area (Å²) in [5.41, 5.74) is 2.54. The van der Waals surface area contributed by atoms with E-state index in [2.05, 4.69) is 25.4 Å². The summed E-state index contributed by atoms with van der Waals surface area (Å²) in [5, 5.41) is 12.2. The van der Waals surface area contributed by atoms with Crippen LogP contribution in [0, 0.1) is 6.92 Å². The van der Waals surface area contributed by atoms with Gasteiger partial charge in [-0.1, -0.05) is 6.07 Å². The summed E-state index contributed by atoms with van der Waals surface area (Å²) in [7, 11) is 0. The first kappa shape index (κ1) is 16.4. The minimum Gasteiger partial charge on any atom is -0.350 e. The Hall–Kier alpha value is -3.02. The molecule has 0 radical (unpaired) electrons. The molecule has 1 N–H and O–H groups in total. The number of nitrogens with zero attached hydrogens (tertiary/aromatic N) is 4. The second-order valence-corrected chi connectivity index (χ2v) is 6.64. The average Bonchev–Trinajstić information content (AvgIpc) is 3.15. The highest BCUT2D eigenvalue weighted by Crippen LogP contribution is 2.22. The number of nitrogens with one attached hydrogen (secondary N) is 1. The number of aryl methyl sites for hydroxylation is 1. The molecule has 1 aliphatic heterocycles. The van der Waals surface area contributed by atoms with Gasteiger partial charge < -0.3 is 10.2 Å². The SMILES string of the molecule is Cc1ccc2cc(C(=O)NC[C@H]3CCCN3c3cccnn3)ccc2n1. The van der Waals surface area contributed by atoms with Gasteiger partial charge in [0.1, 0.15) is 0 Å². The fourth-order valence-corrected chi connectivity index (χ4v) is 3.48. The molecule has 0 saturated carbocycles. The van der Waals surface area contributed by atoms with E-state index in [1.807, 2.05) is 49.4 Å². The first-order valence-corrected chi connectivity index (χ1v) is 8.91. The van der Waals surface area contributed by atoms with Crippen molar-refractivity contribution in [3.8, 4) is 0 Å². The minimum atomic E-state index is -0.0570. The number of aromatic nitrogens is 3. The largest absolute Gasteiger partial charge is 0.350 e. The van der Waals surface area contributed by atoms with Crippen LogP contribution in [-0.4, -0.2) is 40.2 Å². The number of amides is 1. The van der Waals surface area contributed by atoms with Crippen LogP contribution in [0.4, 0.5) is 5.82 Å². The van der Waals surface area contributed by atoms with Crippen molar-refractivity contribution < 1.29 is 4.79 Å². The van der Waals surface area contributed by atoms with Crippen LogP contribution in [-0.2, 0) is 0 Å². The Balaban J connectivity index is 1.44. The number of pyridine rings is 1. The lowest BCUT2D eigenvalue weighted by Crippen LogP contribution is -2.40. The standard InChI is InChI=1S/C20H21N5O/c1-14-6-7-15-12-16(8-9-18(15)23-14)20(26)21-13-17-4-3-11-25(17)19-5-2-10-22-24-19/h2,5-10,12,17H,3-4,11,13H2,1H3,(H,21,26)/t17-/m1/s1. The second-order valence-electron chi connectivity index (χ2n) is 6.64. The van der Waals surface area contributed by atoms with Gasteiger partial charge in [-0.05, 0) is 56.2 Å². The van der Waals surface area contributed by atoms with Crippen molar-refractivity contribution in [3.05, 3.63) is 59.9 Å². The number of hydrogen-bond donors (Lipinski definition) is 1. The van der Waals surface area contributed by atoms with Crippen LogP contribution < -0.4 is 10.2 Å². The summed E-state index contributed by atoms with van der Waals surface area (Å²) < 4.78 is 0. The molecule has 0 spiro atoms. The Morgan fingerprint density at radius 2 is 2.19 bits per heavy atom. The topological polar surface area (TPSA) is 71.0 Å². The maximum atomic E-state index is 12.6. The van der Waals surface area contributed by atoms with Gasteiger partial charge in [0, 0.05) is 42.0 Å². The molecule has 6 heteroatoms. The molecule has 0 aliphatic carbocycles. The van der Waals surface area contributed by atoms with Gasteiger partial charge in [-0.2, -0.15) is 5.10 Å². The number of carbonyl (C=O) groups excluding carboxylic acids is 1. The van der Waals surface area contributed by atoms with Gasteiger partial charge in [-0.3, -0.25) is 9.78 Å². The van der Waals surface area contributed by atoms with Crippen LogP contribution in [0.25, 0.3) is 10.9 Å². The number of benzene rings is 1. The molecule has 1 amide bonds. The van der Waals surface area contributed by atoms with E-state index in [1.165, 1.54) is 0 Å². The maximum absolute atomic E-state index is 12.6. The van der Waals surface area contributed by atoms with Crippen molar-refractivity contribution >= 4 is 22.6 Å². The molecule has 1 fully saturated rings. The normalized spacial score (nSPS) is 16.8. The lowest BCUT2D eigenvalue weighted by molar-refractivity contribution is 0.0951. The number of hydrogen-bond acceptors (Lipinski definition) is 5. The van der Waals surface area contributed by atoms with Gasteiger partial charge in [-0.25, -0.2) is 0 Å². The van der Waals surface area contributed by atoms with E-state index >= 15 is 0 Å². The van der Waals surface area contributed by atoms with Crippen LogP contribution in [0.5, 0.6) is 0 Å². The van der Waals surface area contributed by atoms with Crippen LogP contribution >= 0.6 is 0 Å². The van der Waals surface area contributed by atoms with E-state index in [4.69, 9.17) is 0 Å². The second kappa shape index (κ2) is 7.07. The van der Waals surface area contributed by atoms with E-state index in [-0.39, 0.29) is 11.9 Å². The van der Waals surface area contributed by atoms with Gasteiger partial charge in [0.25, 0.3) is 5.91 Å². The molecule has 4 rings (SSSR count). The van der Waals surface area contributed by atoms with Gasteiger partial charge >= 0.3 is 0 Å². The maximum Gasteiger partial charge on any atom is 0.251 e. The van der Waals surface area contributed by atoms with Crippen LogP contribution in [0.2, 0.25) is 0 Å². The molecule has 1 saturated heterocycles. The summed E-state index contributed by atoms with van der Waals surface area (Å²) >= 11 is 0. The Labute approximate surface area is 152 Å². The lowest BCUT2D eigenvalue weighted by atomic mass is 10.1. The number of fused-ring (bicyclic) bond motifs is 1. The third-order valence-electron chi connectivity index (χ3n) is 4.82. The molecule has 2 aromatic heterocycles. The van der Waals surface area contributed by atoms with Gasteiger partial charge in [0.05, 0.1) is 5.52 Å². The van der Waals surface area contributed by atoms with E-state index in [0.29, 0.717) is 12.1 Å². The molecular formula is C20H21N5O. The summed E-state index contributed by atoms with van der Waals surface area (Å²) in [6.45, 7) is 3.50. The third kappa shape index (κ3) is 3.35. The Kier molecular flexibility index (Phi) is 4.48. The Morgan fingerprint density at radius 1 is 1.27 bits per heavy atom. The third-order valence-corrected chi connectivity index (χ3v) is 4.82. The van der Waals surface area contributed by atoms with Crippen molar-refractivity contribution in [1.82, 2.24) is 20.5 Å². The van der Waals surface area contributed by atoms with Crippen molar-refractivity contribution in [2.75, 3.05) is 18.0 Å². The van der Waals surface area contributed by atoms with E-state index in [0.717, 1.165) is 41.8 Å². The zero-order valence-corrected chi connectivity index (χ0v) is 14.7. The van der Waals surface area contributed by atoms with Gasteiger partial charge in [0.15, 0.2) is 5.82 Å². The first-order chi connectivity index (χ1) is 12.7. The summed E-state index contributed by atoms with van der Waals surface area (Å²) in [6, 6.07) is 13.7. The summed E-state index contributed by atoms with van der Waals surface area (Å²) in [6.07, 6.45) is 3.81. The first-order valence-electron chi connectivity index (χ1n) is 8.91. The monoisotopic (exact) mass is 347 g/mol. The summed E-state index contributed by atoms with van der Waals surface area (Å²) in [5.74, 6) is 0.815. The Morgan fingerprint density at radius 3 is 3.04 bits per heavy atom. The van der Waals surface area contributed by atoms with Crippen LogP contribution in [0.15, 0.2) is 48.7 Å². The highest BCUT2D eigenvalue weighted by atomic mass is 16.1. The van der Waals surface area contributed by atoms with Crippen LogP contribution in [0.1, 0.15) is 28.9 Å². The summed E-state index contributed by atoms with van der Waals surface area (Å²) in [4.78, 5) is 19.3. The molecular weight excluding hydrogens is 326 g/mol. The predicted molar refractivity (Wildman–Crippen MR) is 101 cm³/mol. The van der Waals surface area contributed by atoms with Crippen molar-refractivity contribution in [2.24, 2.45) is 0 Å². The van der Waals surface area contributed by atoms with Crippen molar-refractivity contribution in [1.29, 1.82) is 0 Å². The number of anilines is 1. The number of carbonyl (C=O) groups is 1. The van der Waals surface area contributed by atoms with Crippen LogP contribution in [0.3, 0.4) is 0 Å². The molecule has 1 aliphatic rings. The molecule has 1 aromatic carbocycles. The smallest absolute Gasteiger partial charge is 0.251 e. The zero-order chi connectivity index (χ0) is 17.9. The highest BCUT2D eigenvalue weighted by Gasteiger charge is 2.26. The molecule has 132 valence electrons. The van der Waals surface area contributed by atoms with Crippen molar-refractivity contribution in [3.63, 3.8) is 0 Å². The quantitative estimate of drug-likeness (QED) is 0.786. The fraction of sp³-hybridized carbons (Fsp3) is 0.300. The Bertz CT molecular complexity index is 928. The molecule has 6 nitrogen and oxygen atoms in total. The molecule has 3 aromatic rings. The van der Waals surface area contributed by atoms with Gasteiger partial charge in [0.2, 0.25) is 0 Å². The fourth-order valence-electron chi connectivity index (χ4n) is 3.48. The minimum absolute atomic E-state index is 0.0570.